The second-order valence-electron chi connectivity index (χ2n) is 5.27. The normalized spacial score (nSPS) is 11.8. The summed E-state index contributed by atoms with van der Waals surface area (Å²) in [6.45, 7) is 5.42. The van der Waals surface area contributed by atoms with Gasteiger partial charge in [0.1, 0.15) is 0 Å². The van der Waals surface area contributed by atoms with Crippen LogP contribution in [-0.4, -0.2) is 22.0 Å². The summed E-state index contributed by atoms with van der Waals surface area (Å²) < 4.78 is 27.3. The Bertz CT molecular complexity index is 527. The number of rotatable bonds is 10. The first-order chi connectivity index (χ1) is 10.0. The second kappa shape index (κ2) is 9.18. The van der Waals surface area contributed by atoms with E-state index in [2.05, 4.69) is 23.9 Å². The molecular weight excluding hydrogens is 284 g/mol. The molecule has 120 valence electrons. The van der Waals surface area contributed by atoms with E-state index in [1.165, 1.54) is 5.56 Å². The van der Waals surface area contributed by atoms with Crippen molar-refractivity contribution in [1.29, 1.82) is 0 Å². The van der Waals surface area contributed by atoms with E-state index in [9.17, 15) is 8.42 Å². The number of unbranched alkanes of at least 4 members (excludes halogenated alkanes) is 3. The van der Waals surface area contributed by atoms with Gasteiger partial charge >= 0.3 is 0 Å². The molecular formula is C16H28N2O2S. The average molecular weight is 312 g/mol. The zero-order valence-electron chi connectivity index (χ0n) is 13.4. The molecule has 21 heavy (non-hydrogen) atoms. The van der Waals surface area contributed by atoms with Gasteiger partial charge in [-0.2, -0.15) is 0 Å². The van der Waals surface area contributed by atoms with Crippen molar-refractivity contribution in [2.45, 2.75) is 57.4 Å². The van der Waals surface area contributed by atoms with Crippen molar-refractivity contribution in [3.63, 3.8) is 0 Å². The van der Waals surface area contributed by atoms with E-state index in [1.807, 2.05) is 13.1 Å². The van der Waals surface area contributed by atoms with E-state index in [0.717, 1.165) is 37.7 Å². The van der Waals surface area contributed by atoms with Crippen molar-refractivity contribution in [2.75, 3.05) is 13.6 Å². The first-order valence-corrected chi connectivity index (χ1v) is 9.29. The van der Waals surface area contributed by atoms with E-state index < -0.39 is 10.0 Å². The van der Waals surface area contributed by atoms with Crippen LogP contribution in [0.25, 0.3) is 0 Å². The number of hydrogen-bond donors (Lipinski definition) is 2. The summed E-state index contributed by atoms with van der Waals surface area (Å²) in [6, 6.07) is 5.40. The highest BCUT2D eigenvalue weighted by atomic mass is 32.2. The largest absolute Gasteiger partial charge is 0.316 e. The SMILES string of the molecule is CCCCCCNS(=O)(=O)c1ccc(CC)c(CNC)c1. The third-order valence-corrected chi connectivity index (χ3v) is 5.02. The van der Waals surface area contributed by atoms with Crippen molar-refractivity contribution in [3.05, 3.63) is 29.3 Å². The Kier molecular flexibility index (Phi) is 7.93. The van der Waals surface area contributed by atoms with E-state index in [0.29, 0.717) is 18.0 Å². The van der Waals surface area contributed by atoms with Gasteiger partial charge in [0.25, 0.3) is 0 Å². The third-order valence-electron chi connectivity index (χ3n) is 3.56. The number of hydrogen-bond acceptors (Lipinski definition) is 3. The van der Waals surface area contributed by atoms with Gasteiger partial charge in [-0.05, 0) is 43.1 Å². The van der Waals surface area contributed by atoms with Gasteiger partial charge in [0, 0.05) is 13.1 Å². The fraction of sp³-hybridized carbons (Fsp3) is 0.625. The van der Waals surface area contributed by atoms with Crippen molar-refractivity contribution >= 4 is 10.0 Å². The minimum atomic E-state index is -3.39. The molecule has 1 rings (SSSR count). The summed E-state index contributed by atoms with van der Waals surface area (Å²) in [7, 11) is -1.52. The Morgan fingerprint density at radius 2 is 1.81 bits per heavy atom. The lowest BCUT2D eigenvalue weighted by atomic mass is 10.1. The average Bonchev–Trinajstić information content (AvgIpc) is 2.47. The smallest absolute Gasteiger partial charge is 0.240 e. The Balaban J connectivity index is 2.76. The summed E-state index contributed by atoms with van der Waals surface area (Å²) in [5.41, 5.74) is 2.24. The molecule has 0 heterocycles. The summed E-state index contributed by atoms with van der Waals surface area (Å²) >= 11 is 0. The molecule has 0 amide bonds. The van der Waals surface area contributed by atoms with Crippen molar-refractivity contribution in [2.24, 2.45) is 0 Å². The van der Waals surface area contributed by atoms with Gasteiger partial charge in [-0.3, -0.25) is 0 Å². The Morgan fingerprint density at radius 3 is 2.43 bits per heavy atom. The molecule has 1 aromatic carbocycles. The molecule has 4 nitrogen and oxygen atoms in total. The molecule has 0 aliphatic heterocycles. The molecule has 1 aromatic rings. The predicted octanol–water partition coefficient (Wildman–Crippen LogP) is 2.83. The molecule has 0 saturated carbocycles. The number of nitrogens with one attached hydrogen (secondary N) is 2. The Hall–Kier alpha value is -0.910. The summed E-state index contributed by atoms with van der Waals surface area (Å²) in [4.78, 5) is 0.362. The van der Waals surface area contributed by atoms with E-state index in [1.54, 1.807) is 12.1 Å². The quantitative estimate of drug-likeness (QED) is 0.653. The first-order valence-electron chi connectivity index (χ1n) is 7.81. The van der Waals surface area contributed by atoms with Crippen LogP contribution in [0.5, 0.6) is 0 Å². The monoisotopic (exact) mass is 312 g/mol. The first kappa shape index (κ1) is 18.1. The predicted molar refractivity (Wildman–Crippen MR) is 87.9 cm³/mol. The lowest BCUT2D eigenvalue weighted by molar-refractivity contribution is 0.573. The molecule has 0 aliphatic rings. The van der Waals surface area contributed by atoms with Crippen LogP contribution in [-0.2, 0) is 23.0 Å². The molecule has 0 aromatic heterocycles. The van der Waals surface area contributed by atoms with E-state index in [-0.39, 0.29) is 0 Å². The number of aryl methyl sites for hydroxylation is 1. The van der Waals surface area contributed by atoms with Crippen LogP contribution >= 0.6 is 0 Å². The number of sulfonamides is 1. The van der Waals surface area contributed by atoms with Gasteiger partial charge in [0.05, 0.1) is 4.90 Å². The molecule has 2 N–H and O–H groups in total. The van der Waals surface area contributed by atoms with Gasteiger partial charge in [-0.25, -0.2) is 13.1 Å². The van der Waals surface area contributed by atoms with Crippen molar-refractivity contribution in [1.82, 2.24) is 10.0 Å². The molecule has 0 fully saturated rings. The molecule has 0 atom stereocenters. The van der Waals surface area contributed by atoms with Crippen molar-refractivity contribution in [3.8, 4) is 0 Å². The molecule has 0 aliphatic carbocycles. The van der Waals surface area contributed by atoms with Gasteiger partial charge in [-0.1, -0.05) is 39.2 Å². The highest BCUT2D eigenvalue weighted by molar-refractivity contribution is 7.89. The maximum Gasteiger partial charge on any atom is 0.240 e. The fourth-order valence-electron chi connectivity index (χ4n) is 2.31. The number of benzene rings is 1. The van der Waals surface area contributed by atoms with Crippen LogP contribution in [0.2, 0.25) is 0 Å². The van der Waals surface area contributed by atoms with Crippen molar-refractivity contribution < 1.29 is 8.42 Å². The third kappa shape index (κ3) is 5.77. The van der Waals surface area contributed by atoms with Crippen LogP contribution in [0.4, 0.5) is 0 Å². The zero-order chi connectivity index (χ0) is 15.7. The van der Waals surface area contributed by atoms with Gasteiger partial charge in [-0.15, -0.1) is 0 Å². The van der Waals surface area contributed by atoms with Crippen LogP contribution in [0.3, 0.4) is 0 Å². The highest BCUT2D eigenvalue weighted by Gasteiger charge is 2.15. The van der Waals surface area contributed by atoms with Gasteiger partial charge in [0.15, 0.2) is 0 Å². The minimum Gasteiger partial charge on any atom is -0.316 e. The van der Waals surface area contributed by atoms with Crippen LogP contribution in [0, 0.1) is 0 Å². The molecule has 0 bridgehead atoms. The molecule has 0 spiro atoms. The second-order valence-corrected chi connectivity index (χ2v) is 7.04. The van der Waals surface area contributed by atoms with Gasteiger partial charge < -0.3 is 5.32 Å². The minimum absolute atomic E-state index is 0.362. The molecule has 0 radical (unpaired) electrons. The molecule has 0 unspecified atom stereocenters. The maximum absolute atomic E-state index is 12.3. The topological polar surface area (TPSA) is 58.2 Å². The summed E-state index contributed by atoms with van der Waals surface area (Å²) in [5.74, 6) is 0. The van der Waals surface area contributed by atoms with Crippen LogP contribution in [0.1, 0.15) is 50.7 Å². The lowest BCUT2D eigenvalue weighted by Gasteiger charge is -2.11. The Labute approximate surface area is 129 Å². The van der Waals surface area contributed by atoms with E-state index >= 15 is 0 Å². The highest BCUT2D eigenvalue weighted by Crippen LogP contribution is 2.17. The molecule has 5 heteroatoms. The maximum atomic E-state index is 12.3. The Morgan fingerprint density at radius 1 is 1.05 bits per heavy atom. The standard InChI is InChI=1S/C16H28N2O2S/c1-4-6-7-8-11-18-21(19,20)16-10-9-14(5-2)15(12-16)13-17-3/h9-10,12,17-18H,4-8,11,13H2,1-3H3. The van der Waals surface area contributed by atoms with Crippen LogP contribution in [0.15, 0.2) is 23.1 Å². The zero-order valence-corrected chi connectivity index (χ0v) is 14.2. The fourth-order valence-corrected chi connectivity index (χ4v) is 3.44. The summed E-state index contributed by atoms with van der Waals surface area (Å²) in [6.07, 6.45) is 5.17. The molecule has 0 saturated heterocycles. The summed E-state index contributed by atoms with van der Waals surface area (Å²) in [5, 5.41) is 3.09. The lowest BCUT2D eigenvalue weighted by Crippen LogP contribution is -2.25. The van der Waals surface area contributed by atoms with Gasteiger partial charge in [0.2, 0.25) is 10.0 Å². The van der Waals surface area contributed by atoms with E-state index in [4.69, 9.17) is 0 Å². The van der Waals surface area contributed by atoms with Crippen LogP contribution < -0.4 is 10.0 Å².